The van der Waals surface area contributed by atoms with Crippen LogP contribution < -0.4 is 0 Å². The van der Waals surface area contributed by atoms with Crippen molar-refractivity contribution in [2.45, 2.75) is 18.9 Å². The Morgan fingerprint density at radius 3 is 3.00 bits per heavy atom. The third-order valence-electron chi connectivity index (χ3n) is 1.97. The fraction of sp³-hybridized carbons (Fsp3) is 0.444. The summed E-state index contributed by atoms with van der Waals surface area (Å²) in [5.41, 5.74) is 0.466. The molecule has 0 amide bonds. The minimum absolute atomic E-state index is 0.152. The zero-order valence-corrected chi connectivity index (χ0v) is 6.36. The summed E-state index contributed by atoms with van der Waals surface area (Å²) < 4.78 is 0. The van der Waals surface area contributed by atoms with Crippen molar-refractivity contribution in [3.05, 3.63) is 24.3 Å². The number of hydrogen-bond acceptors (Lipinski definition) is 2. The first kappa shape index (κ1) is 8.21. The lowest BCUT2D eigenvalue weighted by molar-refractivity contribution is -0.105. The number of hydrogen-bond donors (Lipinski definition) is 1. The third-order valence-corrected chi connectivity index (χ3v) is 1.97. The molecule has 0 radical (unpaired) electrons. The molecule has 11 heavy (non-hydrogen) atoms. The average Bonchev–Trinajstić information content (AvgIpc) is 2.04. The predicted octanol–water partition coefficient (Wildman–Crippen LogP) is 1.07. The van der Waals surface area contributed by atoms with Gasteiger partial charge in [-0.2, -0.15) is 0 Å². The Morgan fingerprint density at radius 1 is 1.73 bits per heavy atom. The van der Waals surface area contributed by atoms with Crippen LogP contribution in [0.3, 0.4) is 0 Å². The number of rotatable bonds is 2. The maximum absolute atomic E-state index is 10.3. The lowest BCUT2D eigenvalue weighted by atomic mass is 9.88. The van der Waals surface area contributed by atoms with Crippen LogP contribution in [-0.4, -0.2) is 17.5 Å². The van der Waals surface area contributed by atoms with Gasteiger partial charge < -0.3 is 5.11 Å². The molecule has 0 saturated heterocycles. The van der Waals surface area contributed by atoms with E-state index < -0.39 is 6.10 Å². The van der Waals surface area contributed by atoms with E-state index in [0.29, 0.717) is 11.9 Å². The van der Waals surface area contributed by atoms with E-state index >= 15 is 0 Å². The number of carbonyl (C=O) groups excluding carboxylic acids is 1. The van der Waals surface area contributed by atoms with Crippen molar-refractivity contribution < 1.29 is 9.90 Å². The quantitative estimate of drug-likeness (QED) is 0.365. The van der Waals surface area contributed by atoms with Gasteiger partial charge in [0, 0.05) is 5.92 Å². The van der Waals surface area contributed by atoms with Crippen molar-refractivity contribution in [1.29, 1.82) is 0 Å². The first-order chi connectivity index (χ1) is 5.25. The number of aliphatic hydroxyl groups excluding tert-OH is 1. The molecule has 0 aliphatic heterocycles. The van der Waals surface area contributed by atoms with Gasteiger partial charge in [0.1, 0.15) is 6.29 Å². The molecule has 2 unspecified atom stereocenters. The van der Waals surface area contributed by atoms with Gasteiger partial charge >= 0.3 is 0 Å². The van der Waals surface area contributed by atoms with Gasteiger partial charge in [0.15, 0.2) is 0 Å². The molecule has 1 aliphatic carbocycles. The van der Waals surface area contributed by atoms with E-state index in [4.69, 9.17) is 0 Å². The van der Waals surface area contributed by atoms with Crippen LogP contribution >= 0.6 is 0 Å². The van der Waals surface area contributed by atoms with Gasteiger partial charge in [0.2, 0.25) is 0 Å². The molecule has 0 fully saturated rings. The topological polar surface area (TPSA) is 37.3 Å². The molecule has 0 aromatic heterocycles. The number of carbonyl (C=O) groups is 1. The van der Waals surface area contributed by atoms with Gasteiger partial charge in [-0.1, -0.05) is 18.7 Å². The Hall–Kier alpha value is -0.890. The molecule has 0 aromatic carbocycles. The molecule has 1 rings (SSSR count). The molecule has 0 bridgehead atoms. The van der Waals surface area contributed by atoms with Gasteiger partial charge in [-0.25, -0.2) is 0 Å². The summed E-state index contributed by atoms with van der Waals surface area (Å²) in [5, 5.41) is 9.40. The Morgan fingerprint density at radius 2 is 2.45 bits per heavy atom. The van der Waals surface area contributed by atoms with Gasteiger partial charge in [-0.3, -0.25) is 4.79 Å². The van der Waals surface area contributed by atoms with Crippen LogP contribution in [0, 0.1) is 5.92 Å². The van der Waals surface area contributed by atoms with Crippen LogP contribution in [0.15, 0.2) is 24.3 Å². The Bertz CT molecular complexity index is 194. The minimum atomic E-state index is -0.419. The molecule has 0 spiro atoms. The highest BCUT2D eigenvalue weighted by atomic mass is 16.3. The summed E-state index contributed by atoms with van der Waals surface area (Å²) in [6.07, 6.45) is 5.75. The van der Waals surface area contributed by atoms with E-state index in [0.717, 1.165) is 12.8 Å². The monoisotopic (exact) mass is 152 g/mol. The van der Waals surface area contributed by atoms with E-state index in [1.54, 1.807) is 0 Å². The van der Waals surface area contributed by atoms with Gasteiger partial charge in [0.05, 0.1) is 6.10 Å². The average molecular weight is 152 g/mol. The Labute approximate surface area is 66.2 Å². The molecular weight excluding hydrogens is 140 g/mol. The van der Waals surface area contributed by atoms with Crippen LogP contribution in [0.2, 0.25) is 0 Å². The lowest BCUT2D eigenvalue weighted by Crippen LogP contribution is -2.22. The first-order valence-electron chi connectivity index (χ1n) is 3.74. The molecule has 1 aliphatic rings. The van der Waals surface area contributed by atoms with Crippen molar-refractivity contribution in [3.63, 3.8) is 0 Å². The van der Waals surface area contributed by atoms with Gasteiger partial charge in [0.25, 0.3) is 0 Å². The normalized spacial score (nSPS) is 29.9. The predicted molar refractivity (Wildman–Crippen MR) is 43.1 cm³/mol. The van der Waals surface area contributed by atoms with E-state index in [2.05, 4.69) is 6.58 Å². The summed E-state index contributed by atoms with van der Waals surface area (Å²) in [6, 6.07) is 0. The molecule has 2 atom stereocenters. The molecule has 0 heterocycles. The number of allylic oxidation sites excluding steroid dienone is 1. The van der Waals surface area contributed by atoms with Crippen LogP contribution in [0.5, 0.6) is 0 Å². The number of aliphatic hydroxyl groups is 1. The zero-order chi connectivity index (χ0) is 8.27. The largest absolute Gasteiger partial charge is 0.392 e. The van der Waals surface area contributed by atoms with E-state index in [1.807, 2.05) is 12.2 Å². The highest BCUT2D eigenvalue weighted by molar-refractivity contribution is 5.73. The number of aldehydes is 1. The first-order valence-corrected chi connectivity index (χ1v) is 3.74. The van der Waals surface area contributed by atoms with E-state index in [1.165, 1.54) is 0 Å². The summed E-state index contributed by atoms with van der Waals surface area (Å²) in [7, 11) is 0. The van der Waals surface area contributed by atoms with Crippen LogP contribution in [0.1, 0.15) is 12.8 Å². The maximum atomic E-state index is 10.3. The molecule has 60 valence electrons. The third kappa shape index (κ3) is 1.77. The zero-order valence-electron chi connectivity index (χ0n) is 6.36. The molecular formula is C9H12O2. The summed E-state index contributed by atoms with van der Waals surface area (Å²) in [5.74, 6) is -0.152. The summed E-state index contributed by atoms with van der Waals surface area (Å²) >= 11 is 0. The van der Waals surface area contributed by atoms with Crippen molar-refractivity contribution in [2.24, 2.45) is 5.92 Å². The van der Waals surface area contributed by atoms with Crippen molar-refractivity contribution in [3.8, 4) is 0 Å². The molecule has 2 nitrogen and oxygen atoms in total. The minimum Gasteiger partial charge on any atom is -0.392 e. The Balaban J connectivity index is 2.68. The fourth-order valence-electron chi connectivity index (χ4n) is 1.27. The molecule has 0 aromatic rings. The maximum Gasteiger partial charge on any atom is 0.146 e. The van der Waals surface area contributed by atoms with Crippen LogP contribution in [0.25, 0.3) is 0 Å². The van der Waals surface area contributed by atoms with Gasteiger partial charge in [-0.05, 0) is 18.4 Å². The summed E-state index contributed by atoms with van der Waals surface area (Å²) in [6.45, 7) is 3.57. The van der Waals surface area contributed by atoms with Crippen LogP contribution in [-0.2, 0) is 4.79 Å². The Kier molecular flexibility index (Phi) is 2.60. The van der Waals surface area contributed by atoms with Crippen molar-refractivity contribution >= 4 is 6.29 Å². The van der Waals surface area contributed by atoms with E-state index in [9.17, 15) is 9.90 Å². The van der Waals surface area contributed by atoms with Crippen molar-refractivity contribution in [2.75, 3.05) is 0 Å². The van der Waals surface area contributed by atoms with Crippen LogP contribution in [0.4, 0.5) is 0 Å². The second-order valence-corrected chi connectivity index (χ2v) is 2.79. The molecule has 0 saturated carbocycles. The second-order valence-electron chi connectivity index (χ2n) is 2.79. The SMILES string of the molecule is C=C(C=O)C1C=CCCC1O. The fourth-order valence-corrected chi connectivity index (χ4v) is 1.27. The van der Waals surface area contributed by atoms with Crippen molar-refractivity contribution in [1.82, 2.24) is 0 Å². The second kappa shape index (κ2) is 3.49. The lowest BCUT2D eigenvalue weighted by Gasteiger charge is -2.22. The summed E-state index contributed by atoms with van der Waals surface area (Å²) in [4.78, 5) is 10.3. The highest BCUT2D eigenvalue weighted by Gasteiger charge is 2.20. The van der Waals surface area contributed by atoms with Gasteiger partial charge in [-0.15, -0.1) is 0 Å². The molecule has 2 heteroatoms. The smallest absolute Gasteiger partial charge is 0.146 e. The molecule has 1 N–H and O–H groups in total. The highest BCUT2D eigenvalue weighted by Crippen LogP contribution is 2.22. The van der Waals surface area contributed by atoms with E-state index in [-0.39, 0.29) is 5.92 Å². The standard InChI is InChI=1S/C9H12O2/c1-7(6-10)8-4-2-3-5-9(8)11/h2,4,6,8-9,11H,1,3,5H2.